The smallest absolute Gasteiger partial charge is 0.184 e. The molecule has 1 aromatic rings. The van der Waals surface area contributed by atoms with E-state index in [2.05, 4.69) is 18.2 Å². The summed E-state index contributed by atoms with van der Waals surface area (Å²) in [6.45, 7) is 7.09. The molecule has 0 amide bonds. The van der Waals surface area contributed by atoms with Crippen molar-refractivity contribution in [1.82, 2.24) is 0 Å². The van der Waals surface area contributed by atoms with E-state index in [0.29, 0.717) is 9.92 Å². The minimum atomic E-state index is -3.14. The van der Waals surface area contributed by atoms with Crippen LogP contribution in [-0.4, -0.2) is 20.4 Å². The first kappa shape index (κ1) is 11.9. The molecule has 3 nitrogen and oxygen atoms in total. The molecule has 0 N–H and O–H groups in total. The Bertz CT molecular complexity index is 509. The van der Waals surface area contributed by atoms with E-state index in [9.17, 15) is 8.42 Å². The van der Waals surface area contributed by atoms with Gasteiger partial charge in [-0.05, 0) is 18.2 Å². The highest BCUT2D eigenvalue weighted by Crippen LogP contribution is 2.22. The Morgan fingerprint density at radius 3 is 2.53 bits per heavy atom. The molecular weight excluding hydrogens is 230 g/mol. The monoisotopic (exact) mass is 241 g/mol. The number of aliphatic imine (C=N–C) groups is 1. The van der Waals surface area contributed by atoms with Crippen LogP contribution in [0.1, 0.15) is 4.88 Å². The van der Waals surface area contributed by atoms with Crippen molar-refractivity contribution in [2.45, 2.75) is 4.21 Å². The van der Waals surface area contributed by atoms with Gasteiger partial charge in [0, 0.05) is 12.5 Å². The van der Waals surface area contributed by atoms with Crippen LogP contribution in [0, 0.1) is 0 Å². The Morgan fingerprint density at radius 1 is 1.47 bits per heavy atom. The zero-order valence-corrected chi connectivity index (χ0v) is 9.94. The van der Waals surface area contributed by atoms with Crippen LogP contribution in [0.2, 0.25) is 0 Å². The normalized spacial score (nSPS) is 12.5. The fourth-order valence-electron chi connectivity index (χ4n) is 0.972. The van der Waals surface area contributed by atoms with Crippen molar-refractivity contribution in [1.29, 1.82) is 0 Å². The summed E-state index contributed by atoms with van der Waals surface area (Å²) in [5.74, 6) is 0. The standard InChI is InChI=1S/C10H11NO2S2/c1-4-8(11-5-2)9-6-7-10(14-9)15(3,12)13/h4-7H,1-2H2,3H3. The number of nitrogens with zero attached hydrogens (tertiary/aromatic N) is 1. The maximum absolute atomic E-state index is 11.2. The van der Waals surface area contributed by atoms with Gasteiger partial charge in [-0.1, -0.05) is 13.2 Å². The fourth-order valence-corrected chi connectivity index (χ4v) is 2.89. The molecule has 0 aromatic carbocycles. The molecule has 0 aliphatic carbocycles. The molecule has 1 heterocycles. The van der Waals surface area contributed by atoms with E-state index in [4.69, 9.17) is 0 Å². The molecule has 5 heteroatoms. The number of sulfone groups is 1. The van der Waals surface area contributed by atoms with Crippen LogP contribution in [0.3, 0.4) is 0 Å². The van der Waals surface area contributed by atoms with E-state index in [1.54, 1.807) is 18.2 Å². The van der Waals surface area contributed by atoms with Crippen molar-refractivity contribution in [2.75, 3.05) is 6.26 Å². The molecule has 0 atom stereocenters. The summed E-state index contributed by atoms with van der Waals surface area (Å²) in [5, 5.41) is 0. The van der Waals surface area contributed by atoms with Crippen LogP contribution in [0.15, 0.2) is 46.8 Å². The molecule has 0 bridgehead atoms. The molecule has 0 unspecified atom stereocenters. The maximum Gasteiger partial charge on any atom is 0.184 e. The summed E-state index contributed by atoms with van der Waals surface area (Å²) in [7, 11) is -3.14. The third kappa shape index (κ3) is 2.87. The molecule has 0 aliphatic heterocycles. The van der Waals surface area contributed by atoms with E-state index in [1.807, 2.05) is 0 Å². The second-order valence-electron chi connectivity index (χ2n) is 2.79. The summed E-state index contributed by atoms with van der Waals surface area (Å²) < 4.78 is 22.8. The molecule has 80 valence electrons. The zero-order valence-electron chi connectivity index (χ0n) is 8.30. The second kappa shape index (κ2) is 4.55. The van der Waals surface area contributed by atoms with Crippen LogP contribution in [-0.2, 0) is 9.84 Å². The first-order valence-corrected chi connectivity index (χ1v) is 6.81. The van der Waals surface area contributed by atoms with Crippen LogP contribution in [0.25, 0.3) is 0 Å². The van der Waals surface area contributed by atoms with Gasteiger partial charge in [0.05, 0.1) is 10.6 Å². The first-order chi connectivity index (χ1) is 6.99. The molecular formula is C10H11NO2S2. The molecule has 0 saturated carbocycles. The minimum Gasteiger partial charge on any atom is -0.256 e. The van der Waals surface area contributed by atoms with Crippen LogP contribution >= 0.6 is 11.3 Å². The molecule has 0 aliphatic rings. The Kier molecular flexibility index (Phi) is 3.60. The third-order valence-corrected chi connectivity index (χ3v) is 4.55. The van der Waals surface area contributed by atoms with Crippen molar-refractivity contribution in [3.8, 4) is 0 Å². The summed E-state index contributed by atoms with van der Waals surface area (Å²) >= 11 is 1.17. The Labute approximate surface area is 93.4 Å². The van der Waals surface area contributed by atoms with Crippen molar-refractivity contribution < 1.29 is 8.42 Å². The Balaban J connectivity index is 3.19. The largest absolute Gasteiger partial charge is 0.256 e. The lowest BCUT2D eigenvalue weighted by atomic mass is 10.3. The summed E-state index contributed by atoms with van der Waals surface area (Å²) in [5.41, 5.74) is 0.630. The summed E-state index contributed by atoms with van der Waals surface area (Å²) in [6, 6.07) is 3.28. The van der Waals surface area contributed by atoms with E-state index in [0.717, 1.165) is 4.88 Å². The number of thiophene rings is 1. The number of rotatable bonds is 4. The third-order valence-electron chi connectivity index (χ3n) is 1.62. The SMILES string of the molecule is C=CN=C(C=C)c1ccc(S(C)(=O)=O)s1. The van der Waals surface area contributed by atoms with Crippen molar-refractivity contribution >= 4 is 26.9 Å². The van der Waals surface area contributed by atoms with E-state index in [1.165, 1.54) is 23.8 Å². The summed E-state index contributed by atoms with van der Waals surface area (Å²) in [6.07, 6.45) is 4.15. The van der Waals surface area contributed by atoms with Crippen LogP contribution < -0.4 is 0 Å². The van der Waals surface area contributed by atoms with Gasteiger partial charge in [0.15, 0.2) is 9.84 Å². The minimum absolute atomic E-state index is 0.330. The number of hydrogen-bond donors (Lipinski definition) is 0. The van der Waals surface area contributed by atoms with Gasteiger partial charge in [-0.25, -0.2) is 8.42 Å². The zero-order chi connectivity index (χ0) is 11.5. The molecule has 15 heavy (non-hydrogen) atoms. The van der Waals surface area contributed by atoms with Gasteiger partial charge in [0.1, 0.15) is 4.21 Å². The average molecular weight is 241 g/mol. The lowest BCUT2D eigenvalue weighted by molar-refractivity contribution is 0.604. The number of hydrogen-bond acceptors (Lipinski definition) is 4. The van der Waals surface area contributed by atoms with Gasteiger partial charge in [-0.2, -0.15) is 0 Å². The van der Waals surface area contributed by atoms with Crippen molar-refractivity contribution in [2.24, 2.45) is 4.99 Å². The molecule has 0 radical (unpaired) electrons. The van der Waals surface area contributed by atoms with Gasteiger partial charge >= 0.3 is 0 Å². The first-order valence-electron chi connectivity index (χ1n) is 4.10. The second-order valence-corrected chi connectivity index (χ2v) is 6.12. The van der Waals surface area contributed by atoms with Crippen molar-refractivity contribution in [3.63, 3.8) is 0 Å². The average Bonchev–Trinajstić information content (AvgIpc) is 2.62. The van der Waals surface area contributed by atoms with E-state index >= 15 is 0 Å². The molecule has 1 aromatic heterocycles. The van der Waals surface area contributed by atoms with Crippen LogP contribution in [0.4, 0.5) is 0 Å². The van der Waals surface area contributed by atoms with Gasteiger partial charge in [-0.15, -0.1) is 11.3 Å². The van der Waals surface area contributed by atoms with E-state index in [-0.39, 0.29) is 0 Å². The highest BCUT2D eigenvalue weighted by atomic mass is 32.2. The van der Waals surface area contributed by atoms with Gasteiger partial charge in [-0.3, -0.25) is 4.99 Å². The number of allylic oxidation sites excluding steroid dienone is 1. The lowest BCUT2D eigenvalue weighted by Gasteiger charge is -1.93. The highest BCUT2D eigenvalue weighted by Gasteiger charge is 2.11. The summed E-state index contributed by atoms with van der Waals surface area (Å²) in [4.78, 5) is 4.76. The molecule has 0 fully saturated rings. The predicted octanol–water partition coefficient (Wildman–Crippen LogP) is 2.27. The molecule has 0 saturated heterocycles. The maximum atomic E-state index is 11.2. The highest BCUT2D eigenvalue weighted by molar-refractivity contribution is 7.92. The quantitative estimate of drug-likeness (QED) is 0.759. The molecule has 1 rings (SSSR count). The predicted molar refractivity (Wildman–Crippen MR) is 64.4 cm³/mol. The lowest BCUT2D eigenvalue weighted by Crippen LogP contribution is -1.93. The van der Waals surface area contributed by atoms with Gasteiger partial charge < -0.3 is 0 Å². The van der Waals surface area contributed by atoms with Gasteiger partial charge in [0.25, 0.3) is 0 Å². The molecule has 0 spiro atoms. The topological polar surface area (TPSA) is 46.5 Å². The van der Waals surface area contributed by atoms with Gasteiger partial charge in [0.2, 0.25) is 0 Å². The van der Waals surface area contributed by atoms with Crippen LogP contribution in [0.5, 0.6) is 0 Å². The Hall–Kier alpha value is -1.20. The Morgan fingerprint density at radius 2 is 2.13 bits per heavy atom. The fraction of sp³-hybridized carbons (Fsp3) is 0.100. The van der Waals surface area contributed by atoms with Crippen molar-refractivity contribution in [3.05, 3.63) is 42.4 Å². The van der Waals surface area contributed by atoms with E-state index < -0.39 is 9.84 Å².